The fourth-order valence-corrected chi connectivity index (χ4v) is 1.71. The van der Waals surface area contributed by atoms with Crippen LogP contribution in [0.25, 0.3) is 0 Å². The van der Waals surface area contributed by atoms with Crippen molar-refractivity contribution < 1.29 is 0 Å². The van der Waals surface area contributed by atoms with E-state index in [0.29, 0.717) is 0 Å². The van der Waals surface area contributed by atoms with E-state index in [-0.39, 0.29) is 0 Å². The normalized spacial score (nSPS) is 10.2. The lowest BCUT2D eigenvalue weighted by atomic mass is 10.1. The first-order chi connectivity index (χ1) is 5.81. The molecule has 0 amide bonds. The number of nitrogens with zero attached hydrogens (tertiary/aromatic N) is 1. The summed E-state index contributed by atoms with van der Waals surface area (Å²) in [5.41, 5.74) is 3.73. The average Bonchev–Trinajstić information content (AvgIpc) is 2.16. The molecule has 0 radical (unpaired) electrons. The smallest absolute Gasteiger partial charge is 0.0444 e. The summed E-state index contributed by atoms with van der Waals surface area (Å²) in [6.07, 6.45) is 2.05. The summed E-state index contributed by atoms with van der Waals surface area (Å²) in [5, 5.41) is 0.910. The van der Waals surface area contributed by atoms with E-state index in [1.54, 1.807) is 0 Å². The Morgan fingerprint density at radius 3 is 2.50 bits per heavy atom. The van der Waals surface area contributed by atoms with E-state index in [4.69, 9.17) is 0 Å². The van der Waals surface area contributed by atoms with Crippen LogP contribution in [0.3, 0.4) is 0 Å². The van der Waals surface area contributed by atoms with Crippen LogP contribution in [0.4, 0.5) is 0 Å². The van der Waals surface area contributed by atoms with E-state index in [9.17, 15) is 0 Å². The van der Waals surface area contributed by atoms with Crippen LogP contribution in [0.15, 0.2) is 12.1 Å². The van der Waals surface area contributed by atoms with Gasteiger partial charge in [-0.3, -0.25) is 4.98 Å². The highest BCUT2D eigenvalue weighted by Crippen LogP contribution is 2.12. The molecule has 0 aliphatic carbocycles. The summed E-state index contributed by atoms with van der Waals surface area (Å²) in [6.45, 7) is 4.28. The van der Waals surface area contributed by atoms with Gasteiger partial charge in [-0.2, -0.15) is 0 Å². The van der Waals surface area contributed by atoms with Crippen molar-refractivity contribution in [3.05, 3.63) is 29.1 Å². The third kappa shape index (κ3) is 2.07. The molecule has 0 unspecified atom stereocenters. The number of pyridine rings is 1. The Hall–Kier alpha value is -0.370. The van der Waals surface area contributed by atoms with Gasteiger partial charge in [-0.05, 0) is 24.5 Å². The third-order valence-electron chi connectivity index (χ3n) is 1.97. The van der Waals surface area contributed by atoms with E-state index in [1.165, 1.54) is 17.0 Å². The predicted molar refractivity (Wildman–Crippen MR) is 55.6 cm³/mol. The van der Waals surface area contributed by atoms with Gasteiger partial charge in [0, 0.05) is 16.7 Å². The summed E-state index contributed by atoms with van der Waals surface area (Å²) in [7, 11) is 0. The Morgan fingerprint density at radius 1 is 1.25 bits per heavy atom. The lowest BCUT2D eigenvalue weighted by molar-refractivity contribution is 0.936. The minimum absolute atomic E-state index is 0.910. The Balaban J connectivity index is 3.02. The summed E-state index contributed by atoms with van der Waals surface area (Å²) in [5.74, 6) is 0. The van der Waals surface area contributed by atoms with Crippen LogP contribution in [0.2, 0.25) is 0 Å². The number of alkyl halides is 1. The monoisotopic (exact) mass is 227 g/mol. The maximum Gasteiger partial charge on any atom is 0.0444 e. The number of hydrogen-bond donors (Lipinski definition) is 0. The zero-order chi connectivity index (χ0) is 8.97. The minimum Gasteiger partial charge on any atom is -0.258 e. The van der Waals surface area contributed by atoms with Crippen LogP contribution in [-0.4, -0.2) is 4.98 Å². The Bertz CT molecular complexity index is 258. The van der Waals surface area contributed by atoms with Gasteiger partial charge < -0.3 is 0 Å². The van der Waals surface area contributed by atoms with E-state index in [0.717, 1.165) is 18.2 Å². The van der Waals surface area contributed by atoms with Gasteiger partial charge in [0.05, 0.1) is 0 Å². The molecule has 0 fully saturated rings. The van der Waals surface area contributed by atoms with Gasteiger partial charge in [0.25, 0.3) is 0 Å². The van der Waals surface area contributed by atoms with Gasteiger partial charge in [-0.25, -0.2) is 0 Å². The molecule has 0 atom stereocenters. The van der Waals surface area contributed by atoms with Crippen LogP contribution in [0.1, 0.15) is 30.8 Å². The zero-order valence-electron chi connectivity index (χ0n) is 7.60. The Labute approximate surface area is 82.3 Å². The molecule has 0 aliphatic rings. The first kappa shape index (κ1) is 9.72. The third-order valence-corrected chi connectivity index (χ3v) is 2.57. The molecule has 66 valence electrons. The lowest BCUT2D eigenvalue weighted by Gasteiger charge is -2.05. The fraction of sp³-hybridized carbons (Fsp3) is 0.500. The molecule has 1 aromatic heterocycles. The van der Waals surface area contributed by atoms with E-state index < -0.39 is 0 Å². The molecular weight excluding hydrogens is 214 g/mol. The summed E-state index contributed by atoms with van der Waals surface area (Å²) >= 11 is 3.46. The van der Waals surface area contributed by atoms with Crippen LogP contribution in [0.5, 0.6) is 0 Å². The van der Waals surface area contributed by atoms with E-state index in [2.05, 4.69) is 46.9 Å². The maximum atomic E-state index is 4.55. The lowest BCUT2D eigenvalue weighted by Crippen LogP contribution is -1.97. The number of halogens is 1. The van der Waals surface area contributed by atoms with Crippen molar-refractivity contribution in [3.63, 3.8) is 0 Å². The largest absolute Gasteiger partial charge is 0.258 e. The van der Waals surface area contributed by atoms with Crippen molar-refractivity contribution in [2.75, 3.05) is 0 Å². The van der Waals surface area contributed by atoms with Crippen LogP contribution in [-0.2, 0) is 18.2 Å². The average molecular weight is 228 g/mol. The molecule has 0 saturated carbocycles. The molecule has 0 aromatic carbocycles. The van der Waals surface area contributed by atoms with E-state index in [1.807, 2.05) is 0 Å². The highest BCUT2D eigenvalue weighted by molar-refractivity contribution is 9.08. The predicted octanol–water partition coefficient (Wildman–Crippen LogP) is 3.10. The van der Waals surface area contributed by atoms with Crippen molar-refractivity contribution in [2.24, 2.45) is 0 Å². The highest BCUT2D eigenvalue weighted by atomic mass is 79.9. The second kappa shape index (κ2) is 4.61. The van der Waals surface area contributed by atoms with Gasteiger partial charge in [0.1, 0.15) is 0 Å². The van der Waals surface area contributed by atoms with Crippen molar-refractivity contribution >= 4 is 15.9 Å². The molecule has 1 aromatic rings. The fourth-order valence-electron chi connectivity index (χ4n) is 1.20. The van der Waals surface area contributed by atoms with Crippen LogP contribution < -0.4 is 0 Å². The summed E-state index contributed by atoms with van der Waals surface area (Å²) < 4.78 is 0. The van der Waals surface area contributed by atoms with Gasteiger partial charge in [-0.15, -0.1) is 0 Å². The molecule has 1 rings (SSSR count). The molecule has 0 saturated heterocycles. The second-order valence-corrected chi connectivity index (χ2v) is 3.31. The number of aryl methyl sites for hydroxylation is 2. The van der Waals surface area contributed by atoms with Gasteiger partial charge in [0.2, 0.25) is 0 Å². The molecule has 0 spiro atoms. The SMILES string of the molecule is CCc1ccc(CBr)c(CC)n1. The van der Waals surface area contributed by atoms with Crippen LogP contribution in [0, 0.1) is 0 Å². The van der Waals surface area contributed by atoms with Gasteiger partial charge in [-0.1, -0.05) is 35.8 Å². The van der Waals surface area contributed by atoms with E-state index >= 15 is 0 Å². The molecule has 0 N–H and O–H groups in total. The van der Waals surface area contributed by atoms with Crippen molar-refractivity contribution in [2.45, 2.75) is 32.0 Å². The topological polar surface area (TPSA) is 12.9 Å². The molecule has 2 heteroatoms. The molecular formula is C10H14BrN. The minimum atomic E-state index is 0.910. The molecule has 0 bridgehead atoms. The van der Waals surface area contributed by atoms with Crippen molar-refractivity contribution in [1.82, 2.24) is 4.98 Å². The first-order valence-electron chi connectivity index (χ1n) is 4.35. The molecule has 1 heterocycles. The second-order valence-electron chi connectivity index (χ2n) is 2.75. The van der Waals surface area contributed by atoms with Crippen molar-refractivity contribution in [1.29, 1.82) is 0 Å². The summed E-state index contributed by atoms with van der Waals surface area (Å²) in [4.78, 5) is 4.55. The number of aromatic nitrogens is 1. The van der Waals surface area contributed by atoms with Gasteiger partial charge >= 0.3 is 0 Å². The maximum absolute atomic E-state index is 4.55. The molecule has 1 nitrogen and oxygen atoms in total. The Morgan fingerprint density at radius 2 is 2.00 bits per heavy atom. The number of hydrogen-bond acceptors (Lipinski definition) is 1. The quantitative estimate of drug-likeness (QED) is 0.724. The van der Waals surface area contributed by atoms with Crippen molar-refractivity contribution in [3.8, 4) is 0 Å². The van der Waals surface area contributed by atoms with Crippen LogP contribution >= 0.6 is 15.9 Å². The van der Waals surface area contributed by atoms with Gasteiger partial charge in [0.15, 0.2) is 0 Å². The summed E-state index contributed by atoms with van der Waals surface area (Å²) in [6, 6.07) is 4.27. The molecule has 0 aliphatic heterocycles. The zero-order valence-corrected chi connectivity index (χ0v) is 9.19. The Kier molecular flexibility index (Phi) is 3.73. The molecule has 12 heavy (non-hydrogen) atoms. The first-order valence-corrected chi connectivity index (χ1v) is 5.47. The standard InChI is InChI=1S/C10H14BrN/c1-3-9-6-5-8(7-11)10(4-2)12-9/h5-6H,3-4,7H2,1-2H3. The highest BCUT2D eigenvalue weighted by Gasteiger charge is 2.01. The number of rotatable bonds is 3.